The summed E-state index contributed by atoms with van der Waals surface area (Å²) in [6, 6.07) is 11.0. The van der Waals surface area contributed by atoms with Crippen LogP contribution in [0.5, 0.6) is 0 Å². The summed E-state index contributed by atoms with van der Waals surface area (Å²) < 4.78 is 13.2. The number of aromatic nitrogens is 2. The largest absolute Gasteiger partial charge is 0.480 e. The van der Waals surface area contributed by atoms with Crippen LogP contribution in [0.3, 0.4) is 0 Å². The molecule has 7 heteroatoms. The first-order valence-electron chi connectivity index (χ1n) is 7.53. The summed E-state index contributed by atoms with van der Waals surface area (Å²) in [5.74, 6) is -2.44. The van der Waals surface area contributed by atoms with Crippen LogP contribution >= 0.6 is 0 Å². The van der Waals surface area contributed by atoms with E-state index in [4.69, 9.17) is 0 Å². The summed E-state index contributed by atoms with van der Waals surface area (Å²) in [5.41, 5.74) is 1.82. The average molecular weight is 339 g/mol. The number of carbonyl (C=O) groups is 2. The fraction of sp³-hybridized carbons (Fsp3) is 0.111. The van der Waals surface area contributed by atoms with E-state index in [0.29, 0.717) is 16.7 Å². The molecule has 0 aliphatic rings. The van der Waals surface area contributed by atoms with Crippen LogP contribution in [0, 0.1) is 5.82 Å². The van der Waals surface area contributed by atoms with E-state index in [-0.39, 0.29) is 12.0 Å². The van der Waals surface area contributed by atoms with E-state index >= 15 is 0 Å². The SMILES string of the molecule is O=C(N[C@H](Cc1cnc2ccccc2n1)C(=O)O)c1cccc(F)c1. The molecule has 0 saturated carbocycles. The number of carbonyl (C=O) groups excluding carboxylic acids is 1. The average Bonchev–Trinajstić information content (AvgIpc) is 2.61. The summed E-state index contributed by atoms with van der Waals surface area (Å²) in [6.45, 7) is 0. The Balaban J connectivity index is 1.78. The topological polar surface area (TPSA) is 92.2 Å². The van der Waals surface area contributed by atoms with Crippen molar-refractivity contribution in [1.82, 2.24) is 15.3 Å². The highest BCUT2D eigenvalue weighted by Gasteiger charge is 2.22. The molecule has 1 atom stereocenters. The molecule has 0 spiro atoms. The van der Waals surface area contributed by atoms with Crippen LogP contribution in [0.15, 0.2) is 54.7 Å². The number of nitrogens with zero attached hydrogens (tertiary/aromatic N) is 2. The molecule has 0 saturated heterocycles. The van der Waals surface area contributed by atoms with Gasteiger partial charge in [0, 0.05) is 18.2 Å². The highest BCUT2D eigenvalue weighted by molar-refractivity contribution is 5.96. The first-order valence-corrected chi connectivity index (χ1v) is 7.53. The number of hydrogen-bond acceptors (Lipinski definition) is 4. The van der Waals surface area contributed by atoms with Gasteiger partial charge in [0.05, 0.1) is 16.7 Å². The third kappa shape index (κ3) is 3.95. The van der Waals surface area contributed by atoms with E-state index in [0.717, 1.165) is 6.07 Å². The Kier molecular flexibility index (Phi) is 4.65. The minimum absolute atomic E-state index is 0.0335. The number of hydrogen-bond donors (Lipinski definition) is 2. The van der Waals surface area contributed by atoms with Crippen molar-refractivity contribution in [2.45, 2.75) is 12.5 Å². The molecule has 0 unspecified atom stereocenters. The maximum atomic E-state index is 13.2. The predicted molar refractivity (Wildman–Crippen MR) is 88.5 cm³/mol. The number of fused-ring (bicyclic) bond motifs is 1. The minimum Gasteiger partial charge on any atom is -0.480 e. The van der Waals surface area contributed by atoms with E-state index in [1.807, 2.05) is 6.07 Å². The van der Waals surface area contributed by atoms with Crippen molar-refractivity contribution in [3.63, 3.8) is 0 Å². The second-order valence-corrected chi connectivity index (χ2v) is 5.43. The van der Waals surface area contributed by atoms with Gasteiger partial charge in [0.25, 0.3) is 5.91 Å². The van der Waals surface area contributed by atoms with Gasteiger partial charge in [-0.15, -0.1) is 0 Å². The molecule has 0 aliphatic heterocycles. The fourth-order valence-corrected chi connectivity index (χ4v) is 2.37. The maximum absolute atomic E-state index is 13.2. The van der Waals surface area contributed by atoms with Crippen LogP contribution < -0.4 is 5.32 Å². The van der Waals surface area contributed by atoms with Crippen molar-refractivity contribution in [3.05, 3.63) is 71.8 Å². The molecule has 3 aromatic rings. The lowest BCUT2D eigenvalue weighted by Crippen LogP contribution is -2.42. The zero-order valence-corrected chi connectivity index (χ0v) is 13.0. The Morgan fingerprint density at radius 2 is 1.88 bits per heavy atom. The number of amides is 1. The first-order chi connectivity index (χ1) is 12.0. The zero-order valence-electron chi connectivity index (χ0n) is 13.0. The summed E-state index contributed by atoms with van der Waals surface area (Å²) >= 11 is 0. The normalized spacial score (nSPS) is 11.9. The van der Waals surface area contributed by atoms with Crippen LogP contribution in [-0.4, -0.2) is 33.0 Å². The lowest BCUT2D eigenvalue weighted by molar-refractivity contribution is -0.139. The Hall–Kier alpha value is -3.35. The molecule has 2 aromatic carbocycles. The van der Waals surface area contributed by atoms with Gasteiger partial charge in [-0.05, 0) is 30.3 Å². The monoisotopic (exact) mass is 339 g/mol. The van der Waals surface area contributed by atoms with Gasteiger partial charge >= 0.3 is 5.97 Å². The molecule has 1 amide bonds. The molecule has 126 valence electrons. The first kappa shape index (κ1) is 16.5. The Bertz CT molecular complexity index is 946. The number of carboxylic acid groups (broad SMARTS) is 1. The van der Waals surface area contributed by atoms with Gasteiger partial charge < -0.3 is 10.4 Å². The van der Waals surface area contributed by atoms with E-state index in [9.17, 15) is 19.1 Å². The Labute approximate surface area is 142 Å². The van der Waals surface area contributed by atoms with Gasteiger partial charge in [-0.1, -0.05) is 18.2 Å². The van der Waals surface area contributed by atoms with Crippen molar-refractivity contribution in [2.24, 2.45) is 0 Å². The van der Waals surface area contributed by atoms with Gasteiger partial charge in [0.2, 0.25) is 0 Å². The smallest absolute Gasteiger partial charge is 0.326 e. The zero-order chi connectivity index (χ0) is 17.8. The number of carboxylic acids is 1. The molecule has 0 radical (unpaired) electrons. The van der Waals surface area contributed by atoms with Gasteiger partial charge in [-0.2, -0.15) is 0 Å². The quantitative estimate of drug-likeness (QED) is 0.743. The number of nitrogens with one attached hydrogen (secondary N) is 1. The maximum Gasteiger partial charge on any atom is 0.326 e. The second kappa shape index (κ2) is 7.04. The summed E-state index contributed by atoms with van der Waals surface area (Å²) in [6.07, 6.45) is 1.45. The molecule has 6 nitrogen and oxygen atoms in total. The Morgan fingerprint density at radius 1 is 1.12 bits per heavy atom. The van der Waals surface area contributed by atoms with E-state index in [1.54, 1.807) is 18.2 Å². The van der Waals surface area contributed by atoms with Crippen LogP contribution in [0.1, 0.15) is 16.1 Å². The number of aliphatic carboxylic acids is 1. The van der Waals surface area contributed by atoms with E-state index in [2.05, 4.69) is 15.3 Å². The highest BCUT2D eigenvalue weighted by Crippen LogP contribution is 2.10. The summed E-state index contributed by atoms with van der Waals surface area (Å²) in [5, 5.41) is 11.7. The van der Waals surface area contributed by atoms with E-state index in [1.165, 1.54) is 24.4 Å². The lowest BCUT2D eigenvalue weighted by Gasteiger charge is -2.14. The summed E-state index contributed by atoms with van der Waals surface area (Å²) in [4.78, 5) is 32.2. The molecule has 1 aromatic heterocycles. The number of rotatable bonds is 5. The standard InChI is InChI=1S/C18H14FN3O3/c19-12-5-3-4-11(8-12)17(23)22-16(18(24)25)9-13-10-20-14-6-1-2-7-15(14)21-13/h1-8,10,16H,9H2,(H,22,23)(H,24,25)/t16-/m1/s1. The summed E-state index contributed by atoms with van der Waals surface area (Å²) in [7, 11) is 0. The molecule has 0 fully saturated rings. The van der Waals surface area contributed by atoms with Crippen LogP contribution in [0.25, 0.3) is 11.0 Å². The van der Waals surface area contributed by atoms with Crippen molar-refractivity contribution in [1.29, 1.82) is 0 Å². The molecule has 2 N–H and O–H groups in total. The molecular weight excluding hydrogens is 325 g/mol. The molecule has 3 rings (SSSR count). The van der Waals surface area contributed by atoms with Crippen LogP contribution in [0.4, 0.5) is 4.39 Å². The van der Waals surface area contributed by atoms with Crippen molar-refractivity contribution >= 4 is 22.9 Å². The molecular formula is C18H14FN3O3. The van der Waals surface area contributed by atoms with Gasteiger partial charge in [0.1, 0.15) is 11.9 Å². The lowest BCUT2D eigenvalue weighted by atomic mass is 10.1. The fourth-order valence-electron chi connectivity index (χ4n) is 2.37. The third-order valence-corrected chi connectivity index (χ3v) is 3.60. The number of benzene rings is 2. The van der Waals surface area contributed by atoms with Crippen LogP contribution in [0.2, 0.25) is 0 Å². The van der Waals surface area contributed by atoms with Gasteiger partial charge in [-0.3, -0.25) is 9.78 Å². The second-order valence-electron chi connectivity index (χ2n) is 5.43. The van der Waals surface area contributed by atoms with Crippen molar-refractivity contribution in [2.75, 3.05) is 0 Å². The number of halogens is 1. The van der Waals surface area contributed by atoms with Gasteiger partial charge in [0.15, 0.2) is 0 Å². The highest BCUT2D eigenvalue weighted by atomic mass is 19.1. The molecule has 0 aliphatic carbocycles. The Morgan fingerprint density at radius 3 is 2.60 bits per heavy atom. The van der Waals surface area contributed by atoms with Crippen LogP contribution in [-0.2, 0) is 11.2 Å². The number of para-hydroxylation sites is 2. The molecule has 25 heavy (non-hydrogen) atoms. The third-order valence-electron chi connectivity index (χ3n) is 3.60. The predicted octanol–water partition coefficient (Wildman–Crippen LogP) is 2.19. The minimum atomic E-state index is -1.21. The van der Waals surface area contributed by atoms with Gasteiger partial charge in [-0.25, -0.2) is 14.2 Å². The molecule has 0 bridgehead atoms. The molecule has 1 heterocycles. The van der Waals surface area contributed by atoms with E-state index < -0.39 is 23.7 Å². The van der Waals surface area contributed by atoms with Crippen molar-refractivity contribution in [3.8, 4) is 0 Å². The van der Waals surface area contributed by atoms with Crippen molar-refractivity contribution < 1.29 is 19.1 Å².